The van der Waals surface area contributed by atoms with Crippen LogP contribution in [0.3, 0.4) is 0 Å². The Morgan fingerprint density at radius 1 is 1.17 bits per heavy atom. The standard InChI is InChI=1S/C9H14N5O12P3/c10-9-11-1-5-8(13-9)14(4-12-5)6-2-22-7(24-6)3-23-28(18,19)26-29(20,21)25-27(15,16)17/h1,4,6-7H,2-3H2,(H,18,19)(H,20,21)(H2,10,11,13)(H2,15,16,17)/t6-,7-/m0/s1. The maximum absolute atomic E-state index is 11.7. The Balaban J connectivity index is 1.58. The second kappa shape index (κ2) is 8.07. The number of nitrogen functional groups attached to an aromatic ring is 1. The second-order valence-corrected chi connectivity index (χ2v) is 9.75. The number of ether oxygens (including phenoxy) is 2. The summed E-state index contributed by atoms with van der Waals surface area (Å²) in [7, 11) is -16.4. The van der Waals surface area contributed by atoms with Gasteiger partial charge in [0.25, 0.3) is 0 Å². The molecule has 3 heterocycles. The number of anilines is 1. The molecule has 0 saturated carbocycles. The molecule has 1 saturated heterocycles. The Hall–Kier alpha value is -1.32. The monoisotopic (exact) mass is 477 g/mol. The maximum Gasteiger partial charge on any atom is 0.490 e. The van der Waals surface area contributed by atoms with Crippen molar-refractivity contribution in [3.63, 3.8) is 0 Å². The first-order valence-electron chi connectivity index (χ1n) is 7.34. The molecule has 1 aliphatic rings. The highest BCUT2D eigenvalue weighted by molar-refractivity contribution is 7.66. The molecule has 20 heteroatoms. The van der Waals surface area contributed by atoms with Crippen molar-refractivity contribution in [2.75, 3.05) is 18.9 Å². The zero-order chi connectivity index (χ0) is 21.4. The third-order valence-corrected chi connectivity index (χ3v) is 6.97. The fourth-order valence-corrected chi connectivity index (χ4v) is 5.19. The molecular formula is C9H14N5O12P3. The highest BCUT2D eigenvalue weighted by Crippen LogP contribution is 2.66. The van der Waals surface area contributed by atoms with Crippen molar-refractivity contribution >= 4 is 40.6 Å². The van der Waals surface area contributed by atoms with E-state index in [9.17, 15) is 18.6 Å². The summed E-state index contributed by atoms with van der Waals surface area (Å²) in [5.41, 5.74) is 6.31. The average Bonchev–Trinajstić information content (AvgIpc) is 3.15. The van der Waals surface area contributed by atoms with Gasteiger partial charge in [-0.2, -0.15) is 13.6 Å². The number of hydrogen-bond acceptors (Lipinski definition) is 12. The van der Waals surface area contributed by atoms with Gasteiger partial charge < -0.3 is 34.8 Å². The lowest BCUT2D eigenvalue weighted by atomic mass is 10.5. The lowest BCUT2D eigenvalue weighted by Crippen LogP contribution is -2.17. The van der Waals surface area contributed by atoms with Crippen LogP contribution in [0.2, 0.25) is 0 Å². The van der Waals surface area contributed by atoms with Crippen LogP contribution in [0.15, 0.2) is 12.5 Å². The molecule has 0 radical (unpaired) electrons. The Labute approximate surface area is 160 Å². The third-order valence-electron chi connectivity index (χ3n) is 3.17. The molecule has 1 aliphatic heterocycles. The van der Waals surface area contributed by atoms with Crippen LogP contribution < -0.4 is 5.73 Å². The molecule has 0 bridgehead atoms. The number of nitrogens with two attached hydrogens (primary N) is 1. The number of fused-ring (bicyclic) bond motifs is 1. The molecule has 29 heavy (non-hydrogen) atoms. The fraction of sp³-hybridized carbons (Fsp3) is 0.444. The van der Waals surface area contributed by atoms with Gasteiger partial charge in [-0.15, -0.1) is 0 Å². The normalized spacial score (nSPS) is 24.4. The lowest BCUT2D eigenvalue weighted by molar-refractivity contribution is -0.0961. The quantitative estimate of drug-likeness (QED) is 0.304. The number of imidazole rings is 1. The van der Waals surface area contributed by atoms with Gasteiger partial charge in [-0.05, 0) is 0 Å². The molecule has 0 amide bonds. The van der Waals surface area contributed by atoms with E-state index in [-0.39, 0.29) is 12.6 Å². The van der Waals surface area contributed by atoms with E-state index in [1.807, 2.05) is 0 Å². The second-order valence-electron chi connectivity index (χ2n) is 5.33. The number of aromatic nitrogens is 4. The molecule has 0 spiro atoms. The minimum atomic E-state index is -5.60. The van der Waals surface area contributed by atoms with Crippen molar-refractivity contribution in [3.8, 4) is 0 Å². The first kappa shape index (κ1) is 22.4. The van der Waals surface area contributed by atoms with Crippen LogP contribution in [0.25, 0.3) is 11.2 Å². The van der Waals surface area contributed by atoms with Crippen LogP contribution in [0.1, 0.15) is 6.23 Å². The minimum absolute atomic E-state index is 0.00220. The summed E-state index contributed by atoms with van der Waals surface area (Å²) in [6, 6.07) is 0. The molecule has 0 aliphatic carbocycles. The summed E-state index contributed by atoms with van der Waals surface area (Å²) in [5, 5.41) is 0. The van der Waals surface area contributed by atoms with Gasteiger partial charge in [0.05, 0.1) is 19.1 Å². The van der Waals surface area contributed by atoms with E-state index in [4.69, 9.17) is 29.9 Å². The predicted molar refractivity (Wildman–Crippen MR) is 89.4 cm³/mol. The Morgan fingerprint density at radius 2 is 1.90 bits per heavy atom. The van der Waals surface area contributed by atoms with E-state index < -0.39 is 42.6 Å². The van der Waals surface area contributed by atoms with E-state index in [2.05, 4.69) is 28.1 Å². The molecule has 0 aromatic carbocycles. The molecule has 2 aromatic rings. The Kier molecular flexibility index (Phi) is 6.23. The zero-order valence-corrected chi connectivity index (χ0v) is 16.7. The summed E-state index contributed by atoms with van der Waals surface area (Å²) in [6.45, 7) is -0.788. The first-order valence-corrected chi connectivity index (χ1v) is 11.9. The van der Waals surface area contributed by atoms with E-state index in [1.54, 1.807) is 0 Å². The lowest BCUT2D eigenvalue weighted by Gasteiger charge is -2.17. The summed E-state index contributed by atoms with van der Waals surface area (Å²) >= 11 is 0. The highest BCUT2D eigenvalue weighted by Gasteiger charge is 2.41. The summed E-state index contributed by atoms with van der Waals surface area (Å²) in [6.07, 6.45) is 0.819. The topological polar surface area (TPSA) is 248 Å². The van der Waals surface area contributed by atoms with Gasteiger partial charge in [-0.25, -0.2) is 23.7 Å². The zero-order valence-electron chi connectivity index (χ0n) is 14.0. The van der Waals surface area contributed by atoms with Crippen LogP contribution in [-0.4, -0.2) is 58.6 Å². The number of phosphoric ester groups is 1. The van der Waals surface area contributed by atoms with Crippen LogP contribution in [-0.2, 0) is 36.3 Å². The largest absolute Gasteiger partial charge is 0.490 e. The molecule has 4 atom stereocenters. The molecule has 6 N–H and O–H groups in total. The number of hydrogen-bond donors (Lipinski definition) is 5. The predicted octanol–water partition coefficient (Wildman–Crippen LogP) is -0.377. The SMILES string of the molecule is Nc1ncc2ncn([C@@H]3CO[C@H](COP(=O)(O)OP(=O)(O)OP(=O)(O)O)O3)c2n1. The van der Waals surface area contributed by atoms with Gasteiger partial charge in [-0.3, -0.25) is 9.09 Å². The summed E-state index contributed by atoms with van der Waals surface area (Å²) in [5.74, 6) is 0.00220. The highest BCUT2D eigenvalue weighted by atomic mass is 31.3. The van der Waals surface area contributed by atoms with Gasteiger partial charge in [-0.1, -0.05) is 0 Å². The summed E-state index contributed by atoms with van der Waals surface area (Å²) < 4.78 is 57.3. The molecule has 2 unspecified atom stereocenters. The smallest absolute Gasteiger partial charge is 0.368 e. The van der Waals surface area contributed by atoms with Crippen molar-refractivity contribution in [3.05, 3.63) is 12.5 Å². The van der Waals surface area contributed by atoms with Gasteiger partial charge in [0, 0.05) is 0 Å². The van der Waals surface area contributed by atoms with Crippen molar-refractivity contribution in [1.82, 2.24) is 19.5 Å². The molecule has 162 valence electrons. The molecule has 2 aromatic heterocycles. The molecular weight excluding hydrogens is 463 g/mol. The maximum atomic E-state index is 11.7. The van der Waals surface area contributed by atoms with Crippen molar-refractivity contribution in [1.29, 1.82) is 0 Å². The van der Waals surface area contributed by atoms with E-state index in [1.165, 1.54) is 17.1 Å². The Bertz CT molecular complexity index is 1040. The number of phosphoric acid groups is 3. The minimum Gasteiger partial charge on any atom is -0.368 e. The fourth-order valence-electron chi connectivity index (χ4n) is 2.19. The van der Waals surface area contributed by atoms with E-state index >= 15 is 0 Å². The van der Waals surface area contributed by atoms with Gasteiger partial charge >= 0.3 is 23.5 Å². The van der Waals surface area contributed by atoms with Crippen molar-refractivity contribution < 1.29 is 55.9 Å². The van der Waals surface area contributed by atoms with Crippen LogP contribution in [0, 0.1) is 0 Å². The van der Waals surface area contributed by atoms with Gasteiger partial charge in [0.15, 0.2) is 18.2 Å². The molecule has 1 fully saturated rings. The van der Waals surface area contributed by atoms with Gasteiger partial charge in [0.1, 0.15) is 12.1 Å². The van der Waals surface area contributed by atoms with Crippen LogP contribution in [0.4, 0.5) is 5.95 Å². The van der Waals surface area contributed by atoms with Crippen LogP contribution in [0.5, 0.6) is 0 Å². The van der Waals surface area contributed by atoms with Crippen LogP contribution >= 0.6 is 23.5 Å². The van der Waals surface area contributed by atoms with E-state index in [0.29, 0.717) is 11.2 Å². The van der Waals surface area contributed by atoms with E-state index in [0.717, 1.165) is 0 Å². The first-order chi connectivity index (χ1) is 13.3. The van der Waals surface area contributed by atoms with Crippen molar-refractivity contribution in [2.24, 2.45) is 0 Å². The summed E-state index contributed by atoms with van der Waals surface area (Å²) in [4.78, 5) is 47.3. The average molecular weight is 477 g/mol. The third kappa shape index (κ3) is 6.08. The number of rotatable bonds is 8. The molecule has 17 nitrogen and oxygen atoms in total. The number of nitrogens with zero attached hydrogens (tertiary/aromatic N) is 4. The Morgan fingerprint density at radius 3 is 2.59 bits per heavy atom. The van der Waals surface area contributed by atoms with Gasteiger partial charge in [0.2, 0.25) is 5.95 Å². The molecule has 3 rings (SSSR count). The van der Waals surface area contributed by atoms with Crippen molar-refractivity contribution in [2.45, 2.75) is 12.5 Å².